The monoisotopic (exact) mass is 571 g/mol. The van der Waals surface area contributed by atoms with E-state index in [-0.39, 0.29) is 37.2 Å². The van der Waals surface area contributed by atoms with Gasteiger partial charge in [-0.3, -0.25) is 0 Å². The van der Waals surface area contributed by atoms with E-state index >= 15 is 0 Å². The lowest BCUT2D eigenvalue weighted by molar-refractivity contribution is 0.184. The first-order valence-corrected chi connectivity index (χ1v) is 11.1. The zero-order valence-electron chi connectivity index (χ0n) is 18.2. The predicted octanol–water partition coefficient (Wildman–Crippen LogP) is 3.69. The minimum absolute atomic E-state index is 0. The molecule has 0 fully saturated rings. The number of aliphatic imine (C=N–C) groups is 1. The smallest absolute Gasteiger partial charge is 0.191 e. The second kappa shape index (κ2) is 13.5. The Balaban J connectivity index is 0.00000363. The molecule has 3 rings (SSSR count). The van der Waals surface area contributed by atoms with E-state index in [0.717, 1.165) is 20.5 Å². The number of guanidine groups is 1. The van der Waals surface area contributed by atoms with Crippen molar-refractivity contribution in [1.29, 1.82) is 0 Å². The highest BCUT2D eigenvalue weighted by molar-refractivity contribution is 14.0. The van der Waals surface area contributed by atoms with Gasteiger partial charge in [-0.15, -0.1) is 35.3 Å². The number of thiophene rings is 1. The third kappa shape index (κ3) is 7.22. The first-order chi connectivity index (χ1) is 15.1. The maximum absolute atomic E-state index is 10.6. The van der Waals surface area contributed by atoms with Gasteiger partial charge in [0, 0.05) is 22.7 Å². The average molecular weight is 571 g/mol. The molecule has 0 aliphatic rings. The number of fused-ring (bicyclic) bond motifs is 1. The highest BCUT2D eigenvalue weighted by atomic mass is 127. The van der Waals surface area contributed by atoms with Gasteiger partial charge in [0.05, 0.1) is 20.3 Å². The molecule has 9 heteroatoms. The summed E-state index contributed by atoms with van der Waals surface area (Å²) in [5.41, 5.74) is 0.954. The van der Waals surface area contributed by atoms with Crippen molar-refractivity contribution in [2.24, 2.45) is 4.99 Å². The van der Waals surface area contributed by atoms with Gasteiger partial charge < -0.3 is 30.3 Å². The lowest BCUT2D eigenvalue weighted by atomic mass is 10.2. The highest BCUT2D eigenvalue weighted by Gasteiger charge is 2.12. The molecule has 0 spiro atoms. The molecule has 4 N–H and O–H groups in total. The largest absolute Gasteiger partial charge is 0.493 e. The summed E-state index contributed by atoms with van der Waals surface area (Å²) in [6, 6.07) is 15.7. The van der Waals surface area contributed by atoms with Gasteiger partial charge in [-0.2, -0.15) is 0 Å². The summed E-state index contributed by atoms with van der Waals surface area (Å²) in [6.07, 6.45) is -0.621. The number of halogens is 1. The summed E-state index contributed by atoms with van der Waals surface area (Å²) in [5, 5.41) is 27.1. The zero-order valence-corrected chi connectivity index (χ0v) is 21.4. The van der Waals surface area contributed by atoms with E-state index in [4.69, 9.17) is 14.6 Å². The molecule has 1 heterocycles. The van der Waals surface area contributed by atoms with E-state index in [9.17, 15) is 5.11 Å². The number of ether oxygens (including phenoxy) is 2. The van der Waals surface area contributed by atoms with Crippen LogP contribution in [0.2, 0.25) is 0 Å². The van der Waals surface area contributed by atoms with Gasteiger partial charge in [0.15, 0.2) is 17.5 Å². The standard InChI is InChI=1S/C23H29N3O4S.HI/c1-3-24-23(25-14-16-8-9-19(30-11-10-27)20(12-16)29-2)26-15-18(28)22-13-17-6-4-5-7-21(17)31-22;/h4-9,12-13,18,27-28H,3,10-11,14-15H2,1-2H3,(H2,24,25,26);1H. The molecule has 1 aromatic heterocycles. The molecule has 1 atom stereocenters. The molecule has 32 heavy (non-hydrogen) atoms. The van der Waals surface area contributed by atoms with Gasteiger partial charge in [0.25, 0.3) is 0 Å². The molecule has 0 saturated carbocycles. The van der Waals surface area contributed by atoms with Gasteiger partial charge in [-0.25, -0.2) is 4.99 Å². The number of nitrogens with zero attached hydrogens (tertiary/aromatic N) is 1. The SMILES string of the molecule is CCNC(=NCc1ccc(OCCO)c(OC)c1)NCC(O)c1cc2ccccc2s1.I. The molecule has 0 saturated heterocycles. The fraction of sp³-hybridized carbons (Fsp3) is 0.348. The molecule has 1 unspecified atom stereocenters. The number of hydrogen-bond donors (Lipinski definition) is 4. The van der Waals surface area contributed by atoms with E-state index in [1.54, 1.807) is 18.4 Å². The van der Waals surface area contributed by atoms with Crippen LogP contribution in [0.1, 0.15) is 23.5 Å². The summed E-state index contributed by atoms with van der Waals surface area (Å²) < 4.78 is 12.0. The van der Waals surface area contributed by atoms with Crippen LogP contribution in [0.25, 0.3) is 10.1 Å². The number of aliphatic hydroxyl groups excluding tert-OH is 2. The topological polar surface area (TPSA) is 95.3 Å². The van der Waals surface area contributed by atoms with E-state index < -0.39 is 6.10 Å². The molecule has 174 valence electrons. The number of nitrogens with one attached hydrogen (secondary N) is 2. The molecular weight excluding hydrogens is 541 g/mol. The van der Waals surface area contributed by atoms with Gasteiger partial charge in [0.2, 0.25) is 0 Å². The van der Waals surface area contributed by atoms with Crippen LogP contribution in [-0.2, 0) is 6.54 Å². The lowest BCUT2D eigenvalue weighted by Gasteiger charge is -2.15. The Morgan fingerprint density at radius 1 is 1.12 bits per heavy atom. The van der Waals surface area contributed by atoms with Crippen molar-refractivity contribution >= 4 is 51.4 Å². The Bertz CT molecular complexity index is 979. The van der Waals surface area contributed by atoms with Crippen molar-refractivity contribution in [3.63, 3.8) is 0 Å². The number of benzene rings is 2. The van der Waals surface area contributed by atoms with Crippen molar-refractivity contribution in [1.82, 2.24) is 10.6 Å². The van der Waals surface area contributed by atoms with Crippen LogP contribution in [-0.4, -0.2) is 49.6 Å². The van der Waals surface area contributed by atoms with Crippen LogP contribution in [0.3, 0.4) is 0 Å². The molecule has 0 radical (unpaired) electrons. The van der Waals surface area contributed by atoms with E-state index in [1.807, 2.05) is 43.3 Å². The van der Waals surface area contributed by atoms with Gasteiger partial charge in [-0.05, 0) is 42.1 Å². The second-order valence-electron chi connectivity index (χ2n) is 6.84. The van der Waals surface area contributed by atoms with E-state index in [1.165, 1.54) is 0 Å². The summed E-state index contributed by atoms with van der Waals surface area (Å²) in [5.74, 6) is 1.81. The Hall–Kier alpha value is -2.08. The van der Waals surface area contributed by atoms with Gasteiger partial charge in [-0.1, -0.05) is 24.3 Å². The number of aliphatic hydroxyl groups is 2. The normalized spacial score (nSPS) is 12.2. The van der Waals surface area contributed by atoms with Crippen molar-refractivity contribution in [2.45, 2.75) is 19.6 Å². The third-order valence-electron chi connectivity index (χ3n) is 4.58. The van der Waals surface area contributed by atoms with Crippen molar-refractivity contribution < 1.29 is 19.7 Å². The Labute approximate surface area is 209 Å². The summed E-state index contributed by atoms with van der Waals surface area (Å²) >= 11 is 1.60. The molecular formula is C23H30IN3O4S. The maximum Gasteiger partial charge on any atom is 0.191 e. The Kier molecular flexibility index (Phi) is 11.0. The molecule has 0 aliphatic heterocycles. The fourth-order valence-corrected chi connectivity index (χ4v) is 4.11. The first-order valence-electron chi connectivity index (χ1n) is 10.2. The van der Waals surface area contributed by atoms with Crippen LogP contribution in [0, 0.1) is 0 Å². The van der Waals surface area contributed by atoms with Gasteiger partial charge in [0.1, 0.15) is 12.7 Å². The molecule has 7 nitrogen and oxygen atoms in total. The van der Waals surface area contributed by atoms with E-state index in [2.05, 4.69) is 27.8 Å². The molecule has 0 aliphatic carbocycles. The summed E-state index contributed by atoms with van der Waals surface area (Å²) in [4.78, 5) is 5.53. The highest BCUT2D eigenvalue weighted by Crippen LogP contribution is 2.30. The molecule has 0 bridgehead atoms. The predicted molar refractivity (Wildman–Crippen MR) is 141 cm³/mol. The Morgan fingerprint density at radius 2 is 1.94 bits per heavy atom. The van der Waals surface area contributed by atoms with Gasteiger partial charge >= 0.3 is 0 Å². The van der Waals surface area contributed by atoms with Crippen LogP contribution in [0.5, 0.6) is 11.5 Å². The number of hydrogen-bond acceptors (Lipinski definition) is 6. The number of methoxy groups -OCH3 is 1. The molecule has 2 aromatic carbocycles. The molecule has 0 amide bonds. The quantitative estimate of drug-likeness (QED) is 0.169. The van der Waals surface area contributed by atoms with Crippen LogP contribution < -0.4 is 20.1 Å². The lowest BCUT2D eigenvalue weighted by Crippen LogP contribution is -2.39. The van der Waals surface area contributed by atoms with Crippen molar-refractivity contribution in [3.05, 3.63) is 59.0 Å². The zero-order chi connectivity index (χ0) is 22.1. The number of rotatable bonds is 10. The van der Waals surface area contributed by atoms with Crippen molar-refractivity contribution in [2.75, 3.05) is 33.4 Å². The van der Waals surface area contributed by atoms with Crippen LogP contribution >= 0.6 is 35.3 Å². The third-order valence-corrected chi connectivity index (χ3v) is 5.79. The minimum atomic E-state index is -0.621. The first kappa shape index (κ1) is 26.2. The van der Waals surface area contributed by atoms with Crippen molar-refractivity contribution in [3.8, 4) is 11.5 Å². The molecule has 3 aromatic rings. The summed E-state index contributed by atoms with van der Waals surface area (Å²) in [7, 11) is 1.58. The second-order valence-corrected chi connectivity index (χ2v) is 7.95. The van der Waals surface area contributed by atoms with Crippen LogP contribution in [0.15, 0.2) is 53.5 Å². The fourth-order valence-electron chi connectivity index (χ4n) is 3.06. The summed E-state index contributed by atoms with van der Waals surface area (Å²) in [6.45, 7) is 3.66. The van der Waals surface area contributed by atoms with Crippen LogP contribution in [0.4, 0.5) is 0 Å². The maximum atomic E-state index is 10.6. The van der Waals surface area contributed by atoms with E-state index in [0.29, 0.717) is 37.1 Å². The Morgan fingerprint density at radius 3 is 2.66 bits per heavy atom. The minimum Gasteiger partial charge on any atom is -0.493 e. The average Bonchev–Trinajstić information content (AvgIpc) is 3.24.